The van der Waals surface area contributed by atoms with Crippen LogP contribution in [-0.2, 0) is 6.54 Å². The summed E-state index contributed by atoms with van der Waals surface area (Å²) >= 11 is 12.1. The molecule has 1 N–H and O–H groups in total. The highest BCUT2D eigenvalue weighted by Crippen LogP contribution is 2.27. The van der Waals surface area contributed by atoms with Gasteiger partial charge in [0.2, 0.25) is 0 Å². The Balaban J connectivity index is 2.12. The number of anilines is 1. The van der Waals surface area contributed by atoms with Crippen molar-refractivity contribution in [1.82, 2.24) is 0 Å². The zero-order chi connectivity index (χ0) is 14.5. The lowest BCUT2D eigenvalue weighted by Gasteiger charge is -2.15. The van der Waals surface area contributed by atoms with Gasteiger partial charge in [0.25, 0.3) is 0 Å². The van der Waals surface area contributed by atoms with E-state index in [-0.39, 0.29) is 6.10 Å². The Morgan fingerprint density at radius 2 is 1.85 bits per heavy atom. The first-order chi connectivity index (χ1) is 9.56. The van der Waals surface area contributed by atoms with Gasteiger partial charge in [-0.05, 0) is 38.1 Å². The lowest BCUT2D eigenvalue weighted by Crippen LogP contribution is -2.09. The van der Waals surface area contributed by atoms with Crippen LogP contribution in [0.3, 0.4) is 0 Å². The number of benzene rings is 2. The average molecular weight is 310 g/mol. The van der Waals surface area contributed by atoms with Crippen molar-refractivity contribution < 1.29 is 4.74 Å². The van der Waals surface area contributed by atoms with E-state index in [0.29, 0.717) is 16.6 Å². The number of halogens is 2. The maximum absolute atomic E-state index is 6.13. The molecule has 20 heavy (non-hydrogen) atoms. The third-order valence-corrected chi connectivity index (χ3v) is 3.30. The van der Waals surface area contributed by atoms with Crippen LogP contribution in [0.1, 0.15) is 19.4 Å². The molecule has 0 amide bonds. The first-order valence-electron chi connectivity index (χ1n) is 6.49. The molecule has 0 radical (unpaired) electrons. The van der Waals surface area contributed by atoms with E-state index < -0.39 is 0 Å². The second-order valence-electron chi connectivity index (χ2n) is 4.75. The maximum Gasteiger partial charge on any atom is 0.124 e. The summed E-state index contributed by atoms with van der Waals surface area (Å²) in [6.45, 7) is 4.65. The van der Waals surface area contributed by atoms with E-state index in [1.807, 2.05) is 44.2 Å². The van der Waals surface area contributed by atoms with Crippen LogP contribution in [-0.4, -0.2) is 6.10 Å². The summed E-state index contributed by atoms with van der Waals surface area (Å²) < 4.78 is 5.79. The number of hydrogen-bond acceptors (Lipinski definition) is 2. The predicted octanol–water partition coefficient (Wildman–Crippen LogP) is 5.39. The van der Waals surface area contributed by atoms with Crippen LogP contribution in [0.2, 0.25) is 10.0 Å². The predicted molar refractivity (Wildman–Crippen MR) is 86.0 cm³/mol. The highest BCUT2D eigenvalue weighted by atomic mass is 35.5. The fourth-order valence-electron chi connectivity index (χ4n) is 1.84. The van der Waals surface area contributed by atoms with Gasteiger partial charge in [-0.2, -0.15) is 0 Å². The number of hydrogen-bond donors (Lipinski definition) is 1. The van der Waals surface area contributed by atoms with Crippen molar-refractivity contribution in [3.05, 3.63) is 58.1 Å². The molecule has 106 valence electrons. The van der Waals surface area contributed by atoms with Crippen LogP contribution in [0.25, 0.3) is 0 Å². The van der Waals surface area contributed by atoms with E-state index in [1.165, 1.54) is 0 Å². The molecule has 0 saturated heterocycles. The molecule has 0 unspecified atom stereocenters. The van der Waals surface area contributed by atoms with Gasteiger partial charge in [-0.25, -0.2) is 0 Å². The topological polar surface area (TPSA) is 21.3 Å². The van der Waals surface area contributed by atoms with Crippen molar-refractivity contribution >= 4 is 28.9 Å². The van der Waals surface area contributed by atoms with Gasteiger partial charge in [-0.3, -0.25) is 0 Å². The van der Waals surface area contributed by atoms with Gasteiger partial charge in [0.15, 0.2) is 0 Å². The SMILES string of the molecule is CC(C)Oc1ccccc1CNc1cc(Cl)ccc1Cl. The Morgan fingerprint density at radius 1 is 1.10 bits per heavy atom. The second-order valence-corrected chi connectivity index (χ2v) is 5.60. The Hall–Kier alpha value is -1.38. The Kier molecular flexibility index (Phi) is 5.16. The molecule has 2 nitrogen and oxygen atoms in total. The molecule has 0 aromatic heterocycles. The summed E-state index contributed by atoms with van der Waals surface area (Å²) in [5.74, 6) is 0.883. The van der Waals surface area contributed by atoms with Crippen LogP contribution < -0.4 is 10.1 Å². The summed E-state index contributed by atoms with van der Waals surface area (Å²) in [6, 6.07) is 13.3. The summed E-state index contributed by atoms with van der Waals surface area (Å²) in [4.78, 5) is 0. The van der Waals surface area contributed by atoms with Gasteiger partial charge in [0, 0.05) is 17.1 Å². The molecule has 2 rings (SSSR count). The van der Waals surface area contributed by atoms with Gasteiger partial charge >= 0.3 is 0 Å². The normalized spacial score (nSPS) is 10.7. The molecule has 4 heteroatoms. The number of nitrogens with one attached hydrogen (secondary N) is 1. The van der Waals surface area contributed by atoms with E-state index in [4.69, 9.17) is 27.9 Å². The molecular weight excluding hydrogens is 293 g/mol. The first kappa shape index (κ1) is 15.0. The lowest BCUT2D eigenvalue weighted by molar-refractivity contribution is 0.240. The van der Waals surface area contributed by atoms with Gasteiger partial charge in [-0.1, -0.05) is 41.4 Å². The molecule has 0 aliphatic rings. The number of para-hydroxylation sites is 1. The molecule has 0 heterocycles. The third kappa shape index (κ3) is 4.06. The standard InChI is InChI=1S/C16H17Cl2NO/c1-11(2)20-16-6-4-3-5-12(16)10-19-15-9-13(17)7-8-14(15)18/h3-9,11,19H,10H2,1-2H3. The van der Waals surface area contributed by atoms with E-state index in [0.717, 1.165) is 17.0 Å². The Bertz CT molecular complexity index is 584. The van der Waals surface area contributed by atoms with E-state index >= 15 is 0 Å². The van der Waals surface area contributed by atoms with Crippen molar-refractivity contribution in [2.24, 2.45) is 0 Å². The molecule has 0 aliphatic carbocycles. The lowest BCUT2D eigenvalue weighted by atomic mass is 10.2. The summed E-state index contributed by atoms with van der Waals surface area (Å²) in [7, 11) is 0. The van der Waals surface area contributed by atoms with Gasteiger partial charge in [0.05, 0.1) is 16.8 Å². The quantitative estimate of drug-likeness (QED) is 0.799. The highest BCUT2D eigenvalue weighted by molar-refractivity contribution is 6.35. The van der Waals surface area contributed by atoms with E-state index in [2.05, 4.69) is 5.32 Å². The highest BCUT2D eigenvalue weighted by Gasteiger charge is 2.06. The Morgan fingerprint density at radius 3 is 2.60 bits per heavy atom. The molecule has 0 saturated carbocycles. The minimum Gasteiger partial charge on any atom is -0.491 e. The fraction of sp³-hybridized carbons (Fsp3) is 0.250. The molecule has 0 spiro atoms. The average Bonchev–Trinajstić information content (AvgIpc) is 2.41. The van der Waals surface area contributed by atoms with Crippen molar-refractivity contribution in [3.63, 3.8) is 0 Å². The maximum atomic E-state index is 6.13. The van der Waals surface area contributed by atoms with Crippen LogP contribution in [0.15, 0.2) is 42.5 Å². The molecule has 2 aromatic rings. The van der Waals surface area contributed by atoms with Crippen LogP contribution in [0, 0.1) is 0 Å². The molecule has 0 atom stereocenters. The van der Waals surface area contributed by atoms with Crippen LogP contribution in [0.5, 0.6) is 5.75 Å². The minimum absolute atomic E-state index is 0.144. The molecule has 2 aromatic carbocycles. The summed E-state index contributed by atoms with van der Waals surface area (Å²) in [5.41, 5.74) is 1.90. The van der Waals surface area contributed by atoms with Crippen molar-refractivity contribution in [2.45, 2.75) is 26.5 Å². The zero-order valence-electron chi connectivity index (χ0n) is 11.5. The van der Waals surface area contributed by atoms with E-state index in [9.17, 15) is 0 Å². The summed E-state index contributed by atoms with van der Waals surface area (Å²) in [5, 5.41) is 4.59. The van der Waals surface area contributed by atoms with Crippen molar-refractivity contribution in [1.29, 1.82) is 0 Å². The van der Waals surface area contributed by atoms with Crippen molar-refractivity contribution in [2.75, 3.05) is 5.32 Å². The molecule has 0 aliphatic heterocycles. The minimum atomic E-state index is 0.144. The van der Waals surface area contributed by atoms with Gasteiger partial charge in [0.1, 0.15) is 5.75 Å². The number of rotatable bonds is 5. The molecule has 0 fully saturated rings. The largest absolute Gasteiger partial charge is 0.491 e. The summed E-state index contributed by atoms with van der Waals surface area (Å²) in [6.07, 6.45) is 0.144. The zero-order valence-corrected chi connectivity index (χ0v) is 13.0. The van der Waals surface area contributed by atoms with E-state index in [1.54, 1.807) is 12.1 Å². The van der Waals surface area contributed by atoms with Gasteiger partial charge < -0.3 is 10.1 Å². The Labute approximate surface area is 129 Å². The van der Waals surface area contributed by atoms with Crippen LogP contribution in [0.4, 0.5) is 5.69 Å². The monoisotopic (exact) mass is 309 g/mol. The smallest absolute Gasteiger partial charge is 0.124 e. The fourth-order valence-corrected chi connectivity index (χ4v) is 2.20. The second kappa shape index (κ2) is 6.87. The van der Waals surface area contributed by atoms with Gasteiger partial charge in [-0.15, -0.1) is 0 Å². The molecule has 0 bridgehead atoms. The molecular formula is C16H17Cl2NO. The van der Waals surface area contributed by atoms with Crippen molar-refractivity contribution in [3.8, 4) is 5.75 Å². The third-order valence-electron chi connectivity index (χ3n) is 2.73. The first-order valence-corrected chi connectivity index (χ1v) is 7.25. The number of ether oxygens (including phenoxy) is 1. The van der Waals surface area contributed by atoms with Crippen LogP contribution >= 0.6 is 23.2 Å².